The van der Waals surface area contributed by atoms with Crippen LogP contribution in [0, 0.1) is 0 Å². The normalized spacial score (nSPS) is 6.40. The number of hydrogen-bond donors (Lipinski definition) is 0. The molecule has 0 saturated carbocycles. The predicted octanol–water partition coefficient (Wildman–Crippen LogP) is -1.22. The van der Waals surface area contributed by atoms with Gasteiger partial charge in [0.1, 0.15) is 0 Å². The third kappa shape index (κ3) is 3.14. The summed E-state index contributed by atoms with van der Waals surface area (Å²) >= 11 is 0. The van der Waals surface area contributed by atoms with Crippen molar-refractivity contribution in [3.63, 3.8) is 0 Å². The Balaban J connectivity index is 3.20. The molecule has 0 fully saturated rings. The molecule has 0 aliphatic heterocycles. The van der Waals surface area contributed by atoms with E-state index in [1.165, 1.54) is 0 Å². The Kier molecular flexibility index (Phi) is 1.21. The molecule has 0 aliphatic rings. The lowest BCUT2D eigenvalue weighted by Gasteiger charge is -1.52. The van der Waals surface area contributed by atoms with Gasteiger partial charge in [-0.05, 0) is 0 Å². The van der Waals surface area contributed by atoms with Crippen LogP contribution in [0.4, 0.5) is 0 Å². The van der Waals surface area contributed by atoms with Crippen LogP contribution in [-0.2, 0) is 9.59 Å². The van der Waals surface area contributed by atoms with Crippen LogP contribution in [0.15, 0.2) is 0 Å². The van der Waals surface area contributed by atoms with Crippen LogP contribution in [0.5, 0.6) is 0 Å². The van der Waals surface area contributed by atoms with Crippen molar-refractivity contribution in [2.24, 2.45) is 0 Å². The summed E-state index contributed by atoms with van der Waals surface area (Å²) in [6.07, 6.45) is -0.167. The highest BCUT2D eigenvalue weighted by Crippen LogP contribution is 1.36. The van der Waals surface area contributed by atoms with Crippen LogP contribution < -0.4 is 5.73 Å². The summed E-state index contributed by atoms with van der Waals surface area (Å²) in [6, 6.07) is 0. The van der Waals surface area contributed by atoms with E-state index in [-0.39, 0.29) is 6.29 Å². The van der Waals surface area contributed by atoms with Gasteiger partial charge in [-0.1, -0.05) is 0 Å². The maximum Gasteiger partial charge on any atom is 0.328 e. The largest absolute Gasteiger partial charge is 0.328 e. The van der Waals surface area contributed by atoms with Crippen molar-refractivity contribution in [1.82, 2.24) is 5.73 Å². The zero-order valence-corrected chi connectivity index (χ0v) is 2.34. The molecule has 3 heteroatoms. The fourth-order valence-corrected chi connectivity index (χ4v) is 0. The zero-order chi connectivity index (χ0) is 4.28. The van der Waals surface area contributed by atoms with Crippen molar-refractivity contribution in [2.45, 2.75) is 0 Å². The van der Waals surface area contributed by atoms with Gasteiger partial charge in [-0.15, -0.1) is 5.73 Å². The first-order chi connectivity index (χ1) is 2.27. The van der Waals surface area contributed by atoms with Crippen molar-refractivity contribution >= 4 is 12.2 Å². The molecule has 2 radical (unpaired) electrons. The molecule has 0 aliphatic carbocycles. The van der Waals surface area contributed by atoms with Crippen molar-refractivity contribution in [2.75, 3.05) is 0 Å². The SMILES string of the molecule is [N]C(=O)C=O. The Morgan fingerprint density at radius 2 is 2.00 bits per heavy atom. The van der Waals surface area contributed by atoms with Crippen molar-refractivity contribution in [3.8, 4) is 0 Å². The lowest BCUT2D eigenvalue weighted by Crippen LogP contribution is -1.95. The molecule has 0 spiro atoms. The quantitative estimate of drug-likeness (QED) is 0.287. The van der Waals surface area contributed by atoms with Crippen LogP contribution in [-0.4, -0.2) is 12.2 Å². The third-order valence-corrected chi connectivity index (χ3v) is 0.101. The lowest BCUT2D eigenvalue weighted by atomic mass is 10.8. The van der Waals surface area contributed by atoms with E-state index >= 15 is 0 Å². The van der Waals surface area contributed by atoms with Gasteiger partial charge in [-0.25, -0.2) is 0 Å². The van der Waals surface area contributed by atoms with Gasteiger partial charge in [0.25, 0.3) is 0 Å². The van der Waals surface area contributed by atoms with Crippen LogP contribution >= 0.6 is 0 Å². The monoisotopic (exact) mass is 71.0 g/mol. The smallest absolute Gasteiger partial charge is 0.292 e. The maximum atomic E-state index is 9.00. The van der Waals surface area contributed by atoms with Gasteiger partial charge in [0, 0.05) is 0 Å². The topological polar surface area (TPSA) is 56.4 Å². The fourth-order valence-electron chi connectivity index (χ4n) is 0. The molecule has 0 saturated heterocycles. The number of carbonyl (C=O) groups is 2. The summed E-state index contributed by atoms with van der Waals surface area (Å²) in [7, 11) is 0. The van der Waals surface area contributed by atoms with Gasteiger partial charge in [0.05, 0.1) is 0 Å². The molecule has 5 heavy (non-hydrogen) atoms. The molecule has 0 bridgehead atoms. The second-order valence-corrected chi connectivity index (χ2v) is 0.456. The molecule has 0 aromatic heterocycles. The Bertz CT molecular complexity index is 58.7. The highest BCUT2D eigenvalue weighted by molar-refractivity contribution is 6.22. The first kappa shape index (κ1) is 4.14. The molecule has 0 N–H and O–H groups in total. The van der Waals surface area contributed by atoms with Crippen LogP contribution in [0.25, 0.3) is 0 Å². The van der Waals surface area contributed by atoms with E-state index in [1.807, 2.05) is 0 Å². The van der Waals surface area contributed by atoms with E-state index in [2.05, 4.69) is 0 Å². The second-order valence-electron chi connectivity index (χ2n) is 0.456. The summed E-state index contributed by atoms with van der Waals surface area (Å²) in [4.78, 5) is 17.9. The predicted molar refractivity (Wildman–Crippen MR) is 13.2 cm³/mol. The first-order valence-corrected chi connectivity index (χ1v) is 0.952. The van der Waals surface area contributed by atoms with Gasteiger partial charge < -0.3 is 0 Å². The van der Waals surface area contributed by atoms with Crippen LogP contribution in [0.2, 0.25) is 0 Å². The molecule has 1 amide bonds. The number of carbonyl (C=O) groups excluding carboxylic acids is 2. The highest BCUT2D eigenvalue weighted by atomic mass is 16.2. The third-order valence-electron chi connectivity index (χ3n) is 0.101. The molecule has 26 valence electrons. The molecule has 0 aromatic rings. The van der Waals surface area contributed by atoms with Gasteiger partial charge >= 0.3 is 5.91 Å². The Hall–Kier alpha value is -0.860. The van der Waals surface area contributed by atoms with E-state index in [0.29, 0.717) is 0 Å². The van der Waals surface area contributed by atoms with E-state index in [1.54, 1.807) is 0 Å². The summed E-state index contributed by atoms with van der Waals surface area (Å²) in [5.41, 5.74) is 7.35. The summed E-state index contributed by atoms with van der Waals surface area (Å²) in [6.45, 7) is 0. The van der Waals surface area contributed by atoms with Crippen molar-refractivity contribution < 1.29 is 9.59 Å². The number of aldehydes is 1. The molecular weight excluding hydrogens is 70.0 g/mol. The van der Waals surface area contributed by atoms with E-state index < -0.39 is 5.91 Å². The van der Waals surface area contributed by atoms with Gasteiger partial charge in [0.2, 0.25) is 6.29 Å². The summed E-state index contributed by atoms with van der Waals surface area (Å²) in [5, 5.41) is 0. The molecular formula is C2HNO2. The Morgan fingerprint density at radius 3 is 2.00 bits per heavy atom. The van der Waals surface area contributed by atoms with Crippen LogP contribution in [0.1, 0.15) is 0 Å². The minimum absolute atomic E-state index is 0.167. The molecule has 0 heterocycles. The maximum absolute atomic E-state index is 9.00. The zero-order valence-electron chi connectivity index (χ0n) is 2.34. The Labute approximate surface area is 28.8 Å². The van der Waals surface area contributed by atoms with Crippen LogP contribution in [0.3, 0.4) is 0 Å². The average molecular weight is 71.0 g/mol. The Morgan fingerprint density at radius 1 is 1.80 bits per heavy atom. The molecule has 0 atom stereocenters. The summed E-state index contributed by atoms with van der Waals surface area (Å²) < 4.78 is 0. The molecule has 0 rings (SSSR count). The number of nitrogens with zero attached hydrogens (tertiary/aromatic N) is 1. The standard InChI is InChI=1S/C2HNO2/c3-2(5)1-4/h1H. The molecule has 3 nitrogen and oxygen atoms in total. The number of hydrogen-bond acceptors (Lipinski definition) is 2. The van der Waals surface area contributed by atoms with Crippen molar-refractivity contribution in [1.29, 1.82) is 0 Å². The molecule has 0 aromatic carbocycles. The minimum atomic E-state index is -1.43. The van der Waals surface area contributed by atoms with E-state index in [0.717, 1.165) is 0 Å². The number of rotatable bonds is 1. The van der Waals surface area contributed by atoms with Gasteiger partial charge in [-0.3, -0.25) is 9.59 Å². The average Bonchev–Trinajstić information content (AvgIpc) is 1.38. The first-order valence-electron chi connectivity index (χ1n) is 0.952. The van der Waals surface area contributed by atoms with Crippen molar-refractivity contribution in [3.05, 3.63) is 0 Å². The number of amides is 1. The fraction of sp³-hybridized carbons (Fsp3) is 0. The molecule has 0 unspecified atom stereocenters. The highest BCUT2D eigenvalue weighted by Gasteiger charge is 1.82. The van der Waals surface area contributed by atoms with Gasteiger partial charge in [0.15, 0.2) is 0 Å². The van der Waals surface area contributed by atoms with E-state index in [9.17, 15) is 0 Å². The van der Waals surface area contributed by atoms with Gasteiger partial charge in [-0.2, -0.15) is 0 Å². The lowest BCUT2D eigenvalue weighted by molar-refractivity contribution is -0.129. The van der Waals surface area contributed by atoms with E-state index in [4.69, 9.17) is 15.3 Å². The summed E-state index contributed by atoms with van der Waals surface area (Å²) in [5.74, 6) is -1.43. The minimum Gasteiger partial charge on any atom is -0.292 e. The second kappa shape index (κ2) is 1.46.